The molecule has 1 unspecified atom stereocenters. The fourth-order valence-corrected chi connectivity index (χ4v) is 2.50. The van der Waals surface area contributed by atoms with Crippen molar-refractivity contribution in [2.45, 2.75) is 12.5 Å². The molecule has 18 heavy (non-hydrogen) atoms. The molecule has 98 valence electrons. The zero-order valence-electron chi connectivity index (χ0n) is 9.99. The van der Waals surface area contributed by atoms with Crippen LogP contribution in [-0.2, 0) is 0 Å². The van der Waals surface area contributed by atoms with E-state index in [9.17, 15) is 5.11 Å². The van der Waals surface area contributed by atoms with Crippen LogP contribution in [0.15, 0.2) is 12.1 Å². The van der Waals surface area contributed by atoms with Gasteiger partial charge in [0.1, 0.15) is 0 Å². The molecule has 4 nitrogen and oxygen atoms in total. The van der Waals surface area contributed by atoms with Gasteiger partial charge in [-0.05, 0) is 17.7 Å². The second-order valence-electron chi connectivity index (χ2n) is 4.74. The summed E-state index contributed by atoms with van der Waals surface area (Å²) in [6.45, 7) is 2.91. The van der Waals surface area contributed by atoms with Gasteiger partial charge >= 0.3 is 0 Å². The van der Waals surface area contributed by atoms with Gasteiger partial charge in [-0.25, -0.2) is 0 Å². The fourth-order valence-electron chi connectivity index (χ4n) is 2.23. The Morgan fingerprint density at radius 3 is 2.78 bits per heavy atom. The van der Waals surface area contributed by atoms with Crippen molar-refractivity contribution >= 4 is 11.6 Å². The number of benzene rings is 1. The van der Waals surface area contributed by atoms with Crippen LogP contribution in [0.5, 0.6) is 11.5 Å². The van der Waals surface area contributed by atoms with Gasteiger partial charge in [0, 0.05) is 25.4 Å². The highest BCUT2D eigenvalue weighted by Crippen LogP contribution is 2.40. The predicted octanol–water partition coefficient (Wildman–Crippen LogP) is 1.75. The quantitative estimate of drug-likeness (QED) is 0.859. The largest absolute Gasteiger partial charge is 0.489 e. The molecule has 5 heteroatoms. The molecular formula is C13H16ClNO3. The molecular weight excluding hydrogens is 254 g/mol. The highest BCUT2D eigenvalue weighted by Gasteiger charge is 2.28. The Hall–Kier alpha value is -0.970. The van der Waals surface area contributed by atoms with Crippen LogP contribution in [0.2, 0.25) is 5.02 Å². The van der Waals surface area contributed by atoms with Gasteiger partial charge in [-0.15, -0.1) is 0 Å². The Kier molecular flexibility index (Phi) is 3.33. The normalized spacial score (nSPS) is 21.0. The first-order valence-electron chi connectivity index (χ1n) is 6.23. The summed E-state index contributed by atoms with van der Waals surface area (Å²) in [4.78, 5) is 0. The summed E-state index contributed by atoms with van der Waals surface area (Å²) in [7, 11) is 0. The number of nitrogens with one attached hydrogen (secondary N) is 1. The summed E-state index contributed by atoms with van der Waals surface area (Å²) in [6, 6.07) is 3.62. The molecule has 2 aliphatic rings. The van der Waals surface area contributed by atoms with Crippen LogP contribution in [0, 0.1) is 5.92 Å². The number of aliphatic hydroxyl groups is 1. The molecule has 0 saturated carbocycles. The third-order valence-electron chi connectivity index (χ3n) is 3.43. The number of ether oxygens (including phenoxy) is 2. The molecule has 1 aromatic rings. The number of hydrogen-bond acceptors (Lipinski definition) is 4. The predicted molar refractivity (Wildman–Crippen MR) is 68.4 cm³/mol. The van der Waals surface area contributed by atoms with Gasteiger partial charge in [-0.1, -0.05) is 11.6 Å². The van der Waals surface area contributed by atoms with Crippen molar-refractivity contribution in [1.29, 1.82) is 0 Å². The second kappa shape index (κ2) is 4.96. The van der Waals surface area contributed by atoms with Crippen molar-refractivity contribution in [2.75, 3.05) is 26.3 Å². The van der Waals surface area contributed by atoms with Gasteiger partial charge in [0.05, 0.1) is 24.3 Å². The minimum absolute atomic E-state index is 0.255. The summed E-state index contributed by atoms with van der Waals surface area (Å²) >= 11 is 6.20. The molecule has 0 bridgehead atoms. The van der Waals surface area contributed by atoms with Gasteiger partial charge in [0.15, 0.2) is 11.5 Å². The zero-order valence-corrected chi connectivity index (χ0v) is 10.7. The summed E-state index contributed by atoms with van der Waals surface area (Å²) in [5.41, 5.74) is 0.802. The average Bonchev–Trinajstić information content (AvgIpc) is 2.51. The summed E-state index contributed by atoms with van der Waals surface area (Å²) in [5.74, 6) is 1.49. The molecule has 2 aliphatic heterocycles. The van der Waals surface area contributed by atoms with Crippen LogP contribution in [0.25, 0.3) is 0 Å². The Morgan fingerprint density at radius 2 is 2.06 bits per heavy atom. The van der Waals surface area contributed by atoms with E-state index < -0.39 is 6.10 Å². The van der Waals surface area contributed by atoms with Gasteiger partial charge in [-0.2, -0.15) is 0 Å². The summed E-state index contributed by atoms with van der Waals surface area (Å²) < 4.78 is 11.2. The van der Waals surface area contributed by atoms with Crippen LogP contribution >= 0.6 is 11.6 Å². The lowest BCUT2D eigenvalue weighted by molar-refractivity contribution is 0.0764. The maximum absolute atomic E-state index is 10.2. The first-order valence-corrected chi connectivity index (χ1v) is 6.61. The number of fused-ring (bicyclic) bond motifs is 1. The van der Waals surface area contributed by atoms with E-state index in [4.69, 9.17) is 21.1 Å². The minimum Gasteiger partial charge on any atom is -0.489 e. The van der Waals surface area contributed by atoms with Crippen molar-refractivity contribution in [3.8, 4) is 11.5 Å². The third-order valence-corrected chi connectivity index (χ3v) is 3.71. The van der Waals surface area contributed by atoms with Crippen molar-refractivity contribution in [3.63, 3.8) is 0 Å². The van der Waals surface area contributed by atoms with Crippen molar-refractivity contribution in [1.82, 2.24) is 5.32 Å². The summed E-state index contributed by atoms with van der Waals surface area (Å²) in [5, 5.41) is 13.9. The maximum atomic E-state index is 10.2. The number of halogens is 1. The van der Waals surface area contributed by atoms with Crippen LogP contribution in [0.4, 0.5) is 0 Å². The zero-order chi connectivity index (χ0) is 12.5. The Labute approximate surface area is 111 Å². The third kappa shape index (κ3) is 2.16. The fraction of sp³-hybridized carbons (Fsp3) is 0.538. The van der Waals surface area contributed by atoms with Gasteiger partial charge in [0.2, 0.25) is 0 Å². The molecule has 1 aromatic carbocycles. The van der Waals surface area contributed by atoms with Crippen LogP contribution in [0.3, 0.4) is 0 Å². The van der Waals surface area contributed by atoms with E-state index >= 15 is 0 Å². The number of aliphatic hydroxyl groups excluding tert-OH is 1. The molecule has 2 N–H and O–H groups in total. The van der Waals surface area contributed by atoms with Gasteiger partial charge in [-0.3, -0.25) is 0 Å². The summed E-state index contributed by atoms with van der Waals surface area (Å²) in [6.07, 6.45) is 0.344. The Balaban J connectivity index is 1.91. The van der Waals surface area contributed by atoms with Crippen LogP contribution < -0.4 is 14.8 Å². The molecule has 0 radical (unpaired) electrons. The first-order chi connectivity index (χ1) is 8.75. The topological polar surface area (TPSA) is 50.7 Å². The van der Waals surface area contributed by atoms with E-state index in [0.717, 1.165) is 25.1 Å². The molecule has 0 amide bonds. The number of rotatable bonds is 2. The van der Waals surface area contributed by atoms with E-state index in [1.165, 1.54) is 0 Å². The van der Waals surface area contributed by atoms with Gasteiger partial charge in [0.25, 0.3) is 0 Å². The molecule has 0 spiro atoms. The smallest absolute Gasteiger partial charge is 0.179 e. The van der Waals surface area contributed by atoms with Crippen molar-refractivity contribution in [3.05, 3.63) is 22.7 Å². The van der Waals surface area contributed by atoms with Crippen molar-refractivity contribution < 1.29 is 14.6 Å². The van der Waals surface area contributed by atoms with Crippen molar-refractivity contribution in [2.24, 2.45) is 5.92 Å². The molecule has 1 atom stereocenters. The molecule has 3 rings (SSSR count). The SMILES string of the molecule is OC(c1cc(Cl)c2c(c1)OCCCO2)C1CNC1. The standard InChI is InChI=1S/C13H16ClNO3/c14-10-4-8(12(16)9-6-15-7-9)5-11-13(10)18-3-1-2-17-11/h4-5,9,12,15-16H,1-3,6-7H2. The highest BCUT2D eigenvalue weighted by molar-refractivity contribution is 6.32. The van der Waals surface area contributed by atoms with E-state index in [1.807, 2.05) is 6.07 Å². The van der Waals surface area contributed by atoms with Gasteiger partial charge < -0.3 is 19.9 Å². The highest BCUT2D eigenvalue weighted by atomic mass is 35.5. The number of hydrogen-bond donors (Lipinski definition) is 2. The van der Waals surface area contributed by atoms with E-state index in [1.54, 1.807) is 6.07 Å². The lowest BCUT2D eigenvalue weighted by Crippen LogP contribution is -2.45. The molecule has 2 heterocycles. The Morgan fingerprint density at radius 1 is 1.28 bits per heavy atom. The van der Waals surface area contributed by atoms with E-state index in [-0.39, 0.29) is 5.92 Å². The van der Waals surface area contributed by atoms with Crippen LogP contribution in [0.1, 0.15) is 18.1 Å². The molecule has 1 fully saturated rings. The molecule has 0 aliphatic carbocycles. The minimum atomic E-state index is -0.499. The lowest BCUT2D eigenvalue weighted by atomic mass is 9.91. The second-order valence-corrected chi connectivity index (χ2v) is 5.15. The van der Waals surface area contributed by atoms with E-state index in [2.05, 4.69) is 5.32 Å². The van der Waals surface area contributed by atoms with E-state index in [0.29, 0.717) is 29.7 Å². The monoisotopic (exact) mass is 269 g/mol. The maximum Gasteiger partial charge on any atom is 0.179 e. The molecule has 1 saturated heterocycles. The first kappa shape index (κ1) is 12.1. The average molecular weight is 270 g/mol. The molecule has 0 aromatic heterocycles. The van der Waals surface area contributed by atoms with Crippen LogP contribution in [-0.4, -0.2) is 31.4 Å². The Bertz CT molecular complexity index is 448. The lowest BCUT2D eigenvalue weighted by Gasteiger charge is -2.32.